The number of rotatable bonds is 6. The van der Waals surface area contributed by atoms with Crippen LogP contribution in [-0.4, -0.2) is 39.8 Å². The van der Waals surface area contributed by atoms with Gasteiger partial charge in [-0.15, -0.1) is 0 Å². The Hall–Kier alpha value is -4.16. The predicted octanol–water partition coefficient (Wildman–Crippen LogP) is 6.81. The van der Waals surface area contributed by atoms with Crippen LogP contribution in [0.4, 0.5) is 4.79 Å². The molecule has 2 saturated heterocycles. The molecule has 2 fully saturated rings. The molecular weight excluding hydrogens is 512 g/mol. The minimum absolute atomic E-state index is 0.0256. The monoisotopic (exact) mass is 546 g/mol. The van der Waals surface area contributed by atoms with Gasteiger partial charge in [0.1, 0.15) is 19.0 Å². The summed E-state index contributed by atoms with van der Waals surface area (Å²) in [5, 5.41) is 11.9. The molecular formula is C35H34N2O4. The van der Waals surface area contributed by atoms with Crippen molar-refractivity contribution >= 4 is 6.09 Å². The summed E-state index contributed by atoms with van der Waals surface area (Å²) in [5.41, 5.74) is 5.58. The van der Waals surface area contributed by atoms with E-state index in [1.807, 2.05) is 53.4 Å². The second-order valence-corrected chi connectivity index (χ2v) is 11.6. The number of carbonyl (C=O) groups is 1. The van der Waals surface area contributed by atoms with Gasteiger partial charge in [-0.25, -0.2) is 4.79 Å². The third kappa shape index (κ3) is 4.87. The lowest BCUT2D eigenvalue weighted by Crippen LogP contribution is -2.59. The molecule has 2 unspecified atom stereocenters. The van der Waals surface area contributed by atoms with Crippen LogP contribution in [0, 0.1) is 0 Å². The smallest absolute Gasteiger partial charge is 0.410 e. The number of fused-ring (bicyclic) bond motifs is 5. The van der Waals surface area contributed by atoms with Crippen LogP contribution in [0.15, 0.2) is 97.3 Å². The fraction of sp³-hybridized carbons (Fsp3) is 0.314. The molecule has 2 atom stereocenters. The summed E-state index contributed by atoms with van der Waals surface area (Å²) in [6.45, 7) is 0.739. The lowest BCUT2D eigenvalue weighted by atomic mass is 9.73. The van der Waals surface area contributed by atoms with E-state index in [0.29, 0.717) is 31.8 Å². The SMILES string of the molecule is O=C(OCC1c2ccccc2-c2ccccc21)N1C2CCCC1CC(O)(c1cncc(OCc3ccccc3)c1)C2. The lowest BCUT2D eigenvalue weighted by Gasteiger charge is -2.51. The molecule has 41 heavy (non-hydrogen) atoms. The molecule has 2 aliphatic heterocycles. The molecule has 1 amide bonds. The number of aromatic nitrogens is 1. The van der Waals surface area contributed by atoms with Crippen LogP contribution in [0.25, 0.3) is 11.1 Å². The summed E-state index contributed by atoms with van der Waals surface area (Å²) in [6.07, 6.45) is 6.78. The van der Waals surface area contributed by atoms with Gasteiger partial charge in [-0.05, 0) is 53.1 Å². The zero-order valence-electron chi connectivity index (χ0n) is 23.0. The van der Waals surface area contributed by atoms with Crippen molar-refractivity contribution < 1.29 is 19.4 Å². The van der Waals surface area contributed by atoms with Crippen molar-refractivity contribution in [3.63, 3.8) is 0 Å². The highest BCUT2D eigenvalue weighted by molar-refractivity contribution is 5.79. The van der Waals surface area contributed by atoms with Gasteiger partial charge in [0.25, 0.3) is 0 Å². The van der Waals surface area contributed by atoms with Crippen molar-refractivity contribution in [3.8, 4) is 16.9 Å². The molecule has 1 aliphatic carbocycles. The Kier molecular flexibility index (Phi) is 6.71. The molecule has 0 spiro atoms. The summed E-state index contributed by atoms with van der Waals surface area (Å²) >= 11 is 0. The maximum Gasteiger partial charge on any atom is 0.410 e. The van der Waals surface area contributed by atoms with E-state index in [1.54, 1.807) is 12.4 Å². The third-order valence-electron chi connectivity index (χ3n) is 9.05. The summed E-state index contributed by atoms with van der Waals surface area (Å²) in [7, 11) is 0. The van der Waals surface area contributed by atoms with Crippen molar-refractivity contribution in [2.75, 3.05) is 6.61 Å². The Morgan fingerprint density at radius 1 is 0.878 bits per heavy atom. The molecule has 6 nitrogen and oxygen atoms in total. The molecule has 4 aromatic rings. The van der Waals surface area contributed by atoms with Crippen LogP contribution in [0.5, 0.6) is 5.75 Å². The summed E-state index contributed by atoms with van der Waals surface area (Å²) in [6, 6.07) is 28.5. The maximum atomic E-state index is 13.6. The molecule has 0 saturated carbocycles. The van der Waals surface area contributed by atoms with Crippen LogP contribution >= 0.6 is 0 Å². The highest BCUT2D eigenvalue weighted by Gasteiger charge is 2.49. The van der Waals surface area contributed by atoms with Gasteiger partial charge in [-0.3, -0.25) is 4.98 Å². The van der Waals surface area contributed by atoms with Crippen LogP contribution < -0.4 is 4.74 Å². The molecule has 208 valence electrons. The van der Waals surface area contributed by atoms with Gasteiger partial charge in [0, 0.05) is 42.6 Å². The van der Waals surface area contributed by atoms with Gasteiger partial charge >= 0.3 is 6.09 Å². The van der Waals surface area contributed by atoms with Crippen molar-refractivity contribution in [2.45, 2.75) is 62.3 Å². The first kappa shape index (κ1) is 25.8. The Bertz CT molecular complexity index is 1500. The fourth-order valence-electron chi connectivity index (χ4n) is 7.12. The highest BCUT2D eigenvalue weighted by atomic mass is 16.6. The number of carbonyl (C=O) groups excluding carboxylic acids is 1. The standard InChI is InChI=1S/C35H34N2O4/c38-34(41-23-33-31-15-6-4-13-29(31)30-14-5-7-16-32(30)33)37-26-11-8-12-27(37)19-35(39,18-26)25-17-28(21-36-20-25)40-22-24-9-2-1-3-10-24/h1-7,9-10,13-17,20-21,26-27,33,39H,8,11-12,18-19,22-23H2. The molecule has 2 bridgehead atoms. The summed E-state index contributed by atoms with van der Waals surface area (Å²) in [5.74, 6) is 0.654. The number of amides is 1. The minimum Gasteiger partial charge on any atom is -0.487 e. The number of hydrogen-bond acceptors (Lipinski definition) is 5. The molecule has 7 rings (SSSR count). The lowest BCUT2D eigenvalue weighted by molar-refractivity contribution is -0.0893. The minimum atomic E-state index is -1.07. The Balaban J connectivity index is 1.05. The third-order valence-corrected chi connectivity index (χ3v) is 9.05. The van der Waals surface area contributed by atoms with Crippen molar-refractivity contribution in [1.82, 2.24) is 9.88 Å². The molecule has 3 heterocycles. The molecule has 3 aliphatic rings. The number of ether oxygens (including phenoxy) is 2. The Labute approximate surface area is 240 Å². The van der Waals surface area contributed by atoms with E-state index in [1.165, 1.54) is 22.3 Å². The van der Waals surface area contributed by atoms with E-state index in [4.69, 9.17) is 9.47 Å². The van der Waals surface area contributed by atoms with Gasteiger partial charge in [-0.2, -0.15) is 0 Å². The van der Waals surface area contributed by atoms with E-state index in [9.17, 15) is 9.90 Å². The summed E-state index contributed by atoms with van der Waals surface area (Å²) in [4.78, 5) is 19.9. The first-order chi connectivity index (χ1) is 20.1. The zero-order chi connectivity index (χ0) is 27.8. The summed E-state index contributed by atoms with van der Waals surface area (Å²) < 4.78 is 12.0. The normalized spacial score (nSPS) is 23.0. The molecule has 0 radical (unpaired) electrons. The van der Waals surface area contributed by atoms with E-state index in [0.717, 1.165) is 30.4 Å². The van der Waals surface area contributed by atoms with E-state index < -0.39 is 5.60 Å². The highest BCUT2D eigenvalue weighted by Crippen LogP contribution is 2.47. The number of nitrogens with zero attached hydrogens (tertiary/aromatic N) is 2. The topological polar surface area (TPSA) is 71.9 Å². The molecule has 1 aromatic heterocycles. The van der Waals surface area contributed by atoms with Crippen molar-refractivity contribution in [2.24, 2.45) is 0 Å². The van der Waals surface area contributed by atoms with Gasteiger partial charge in [0.05, 0.1) is 11.8 Å². The average Bonchev–Trinajstić information content (AvgIpc) is 3.33. The predicted molar refractivity (Wildman–Crippen MR) is 156 cm³/mol. The van der Waals surface area contributed by atoms with Gasteiger partial charge in [-0.1, -0.05) is 78.9 Å². The second kappa shape index (κ2) is 10.7. The van der Waals surface area contributed by atoms with Gasteiger partial charge < -0.3 is 19.5 Å². The van der Waals surface area contributed by atoms with Crippen molar-refractivity contribution in [3.05, 3.63) is 120 Å². The van der Waals surface area contributed by atoms with Gasteiger partial charge in [0.15, 0.2) is 0 Å². The molecule has 6 heteroatoms. The average molecular weight is 547 g/mol. The van der Waals surface area contributed by atoms with Gasteiger partial charge in [0.2, 0.25) is 0 Å². The van der Waals surface area contributed by atoms with E-state index >= 15 is 0 Å². The quantitative estimate of drug-likeness (QED) is 0.288. The van der Waals surface area contributed by atoms with Crippen LogP contribution in [0.2, 0.25) is 0 Å². The molecule has 1 N–H and O–H groups in total. The van der Waals surface area contributed by atoms with Crippen LogP contribution in [0.1, 0.15) is 60.3 Å². The van der Waals surface area contributed by atoms with Crippen LogP contribution in [0.3, 0.4) is 0 Å². The Morgan fingerprint density at radius 3 is 2.20 bits per heavy atom. The number of aliphatic hydroxyl groups is 1. The number of pyridine rings is 1. The van der Waals surface area contributed by atoms with E-state index in [-0.39, 0.29) is 24.1 Å². The largest absolute Gasteiger partial charge is 0.487 e. The number of piperidine rings is 2. The first-order valence-corrected chi connectivity index (χ1v) is 14.6. The number of hydrogen-bond donors (Lipinski definition) is 1. The fourth-order valence-corrected chi connectivity index (χ4v) is 7.12. The second-order valence-electron chi connectivity index (χ2n) is 11.6. The molecule has 3 aromatic carbocycles. The zero-order valence-corrected chi connectivity index (χ0v) is 23.0. The first-order valence-electron chi connectivity index (χ1n) is 14.6. The number of benzene rings is 3. The van der Waals surface area contributed by atoms with Crippen LogP contribution in [-0.2, 0) is 16.9 Å². The maximum absolute atomic E-state index is 13.6. The Morgan fingerprint density at radius 2 is 1.51 bits per heavy atom. The van der Waals surface area contributed by atoms with Crippen molar-refractivity contribution in [1.29, 1.82) is 0 Å². The van der Waals surface area contributed by atoms with E-state index in [2.05, 4.69) is 41.4 Å².